The fraction of sp³-hybridized carbons (Fsp3) is 0.684. The van der Waals surface area contributed by atoms with Crippen LogP contribution in [0.2, 0.25) is 0 Å². The van der Waals surface area contributed by atoms with E-state index in [1.54, 1.807) is 6.20 Å². The zero-order valence-electron chi connectivity index (χ0n) is 15.9. The van der Waals surface area contributed by atoms with Gasteiger partial charge in [-0.15, -0.1) is 0 Å². The van der Waals surface area contributed by atoms with Crippen molar-refractivity contribution in [2.24, 2.45) is 20.0 Å². The second kappa shape index (κ2) is 7.70. The molecule has 2 aromatic heterocycles. The van der Waals surface area contributed by atoms with Gasteiger partial charge >= 0.3 is 0 Å². The quantitative estimate of drug-likeness (QED) is 0.872. The average Bonchev–Trinajstić information content (AvgIpc) is 3.17. The third-order valence-corrected chi connectivity index (χ3v) is 5.52. The SMILES string of the molecule is CCc1nn(C)c(CC)c1CN1CCCC(C(O)c2nccn2C)C1. The maximum absolute atomic E-state index is 10.8. The van der Waals surface area contributed by atoms with Gasteiger partial charge in [0, 0.05) is 56.8 Å². The van der Waals surface area contributed by atoms with Crippen molar-refractivity contribution < 1.29 is 5.11 Å². The number of aromatic nitrogens is 4. The summed E-state index contributed by atoms with van der Waals surface area (Å²) in [5.74, 6) is 1.01. The number of imidazole rings is 1. The van der Waals surface area contributed by atoms with Crippen molar-refractivity contribution in [1.82, 2.24) is 24.2 Å². The van der Waals surface area contributed by atoms with E-state index in [0.29, 0.717) is 0 Å². The Hall–Kier alpha value is -1.66. The van der Waals surface area contributed by atoms with Crippen LogP contribution < -0.4 is 0 Å². The topological polar surface area (TPSA) is 59.1 Å². The van der Waals surface area contributed by atoms with E-state index in [0.717, 1.165) is 51.1 Å². The standard InChI is InChI=1S/C19H31N5O/c1-5-16-15(17(6-2)23(4)21-16)13-24-10-7-8-14(12-24)18(25)19-20-9-11-22(19)3/h9,11,14,18,25H,5-8,10,12-13H2,1-4H3. The minimum atomic E-state index is -0.493. The van der Waals surface area contributed by atoms with Gasteiger partial charge in [0.25, 0.3) is 0 Å². The van der Waals surface area contributed by atoms with Crippen LogP contribution in [0.15, 0.2) is 12.4 Å². The lowest BCUT2D eigenvalue weighted by Gasteiger charge is -2.35. The van der Waals surface area contributed by atoms with Gasteiger partial charge in [0.2, 0.25) is 0 Å². The molecule has 0 aromatic carbocycles. The summed E-state index contributed by atoms with van der Waals surface area (Å²) in [6, 6.07) is 0. The Bertz CT molecular complexity index is 705. The molecule has 1 aliphatic rings. The zero-order valence-corrected chi connectivity index (χ0v) is 15.9. The van der Waals surface area contributed by atoms with E-state index in [2.05, 4.69) is 23.7 Å². The summed E-state index contributed by atoms with van der Waals surface area (Å²) in [5.41, 5.74) is 3.94. The molecule has 138 valence electrons. The molecule has 25 heavy (non-hydrogen) atoms. The maximum atomic E-state index is 10.8. The van der Waals surface area contributed by atoms with Gasteiger partial charge in [-0.1, -0.05) is 13.8 Å². The molecule has 0 saturated carbocycles. The lowest BCUT2D eigenvalue weighted by molar-refractivity contribution is 0.0403. The monoisotopic (exact) mass is 345 g/mol. The van der Waals surface area contributed by atoms with Crippen molar-refractivity contribution >= 4 is 0 Å². The predicted molar refractivity (Wildman–Crippen MR) is 98.1 cm³/mol. The maximum Gasteiger partial charge on any atom is 0.137 e. The van der Waals surface area contributed by atoms with Crippen molar-refractivity contribution in [1.29, 1.82) is 0 Å². The molecule has 3 heterocycles. The molecule has 2 atom stereocenters. The Balaban J connectivity index is 1.73. The Morgan fingerprint density at radius 2 is 2.08 bits per heavy atom. The third kappa shape index (κ3) is 3.65. The number of hydrogen-bond donors (Lipinski definition) is 1. The molecule has 6 heteroatoms. The smallest absolute Gasteiger partial charge is 0.137 e. The molecule has 0 radical (unpaired) electrons. The van der Waals surface area contributed by atoms with E-state index < -0.39 is 6.10 Å². The van der Waals surface area contributed by atoms with Crippen LogP contribution in [0.5, 0.6) is 0 Å². The van der Waals surface area contributed by atoms with Crippen molar-refractivity contribution in [3.8, 4) is 0 Å². The van der Waals surface area contributed by atoms with Gasteiger partial charge in [-0.05, 0) is 32.2 Å². The Morgan fingerprint density at radius 3 is 2.72 bits per heavy atom. The molecule has 2 aromatic rings. The van der Waals surface area contributed by atoms with E-state index in [1.165, 1.54) is 17.0 Å². The van der Waals surface area contributed by atoms with E-state index in [1.807, 2.05) is 29.5 Å². The van der Waals surface area contributed by atoms with Gasteiger partial charge in [-0.3, -0.25) is 9.58 Å². The lowest BCUT2D eigenvalue weighted by Crippen LogP contribution is -2.38. The van der Waals surface area contributed by atoms with Crippen molar-refractivity contribution in [3.63, 3.8) is 0 Å². The largest absolute Gasteiger partial charge is 0.385 e. The third-order valence-electron chi connectivity index (χ3n) is 5.52. The van der Waals surface area contributed by atoms with Gasteiger partial charge in [-0.25, -0.2) is 4.98 Å². The van der Waals surface area contributed by atoms with E-state index >= 15 is 0 Å². The first kappa shape index (κ1) is 18.1. The average molecular weight is 345 g/mol. The first-order valence-corrected chi connectivity index (χ1v) is 9.46. The van der Waals surface area contributed by atoms with Crippen LogP contribution in [-0.2, 0) is 33.5 Å². The molecule has 3 rings (SSSR count). The second-order valence-electron chi connectivity index (χ2n) is 7.18. The summed E-state index contributed by atoms with van der Waals surface area (Å²) in [5, 5.41) is 15.5. The highest BCUT2D eigenvalue weighted by atomic mass is 16.3. The van der Waals surface area contributed by atoms with Crippen molar-refractivity contribution in [2.45, 2.75) is 52.2 Å². The van der Waals surface area contributed by atoms with E-state index in [4.69, 9.17) is 5.10 Å². The molecule has 2 unspecified atom stereocenters. The highest BCUT2D eigenvalue weighted by molar-refractivity contribution is 5.26. The molecule has 0 amide bonds. The Morgan fingerprint density at radius 1 is 1.28 bits per heavy atom. The number of aryl methyl sites for hydroxylation is 3. The molecule has 0 bridgehead atoms. The summed E-state index contributed by atoms with van der Waals surface area (Å²) >= 11 is 0. The van der Waals surface area contributed by atoms with Crippen LogP contribution >= 0.6 is 0 Å². The van der Waals surface area contributed by atoms with Gasteiger partial charge in [0.05, 0.1) is 5.69 Å². The first-order valence-electron chi connectivity index (χ1n) is 9.46. The summed E-state index contributed by atoms with van der Waals surface area (Å²) in [6.07, 6.45) is 7.32. The molecular weight excluding hydrogens is 314 g/mol. The van der Waals surface area contributed by atoms with Crippen LogP contribution in [0.25, 0.3) is 0 Å². The molecule has 0 spiro atoms. The highest BCUT2D eigenvalue weighted by Crippen LogP contribution is 2.30. The Kier molecular flexibility index (Phi) is 5.59. The number of aliphatic hydroxyl groups excluding tert-OH is 1. The second-order valence-corrected chi connectivity index (χ2v) is 7.18. The van der Waals surface area contributed by atoms with Gasteiger partial charge in [-0.2, -0.15) is 5.10 Å². The molecule has 1 N–H and O–H groups in total. The lowest BCUT2D eigenvalue weighted by atomic mass is 9.91. The first-order chi connectivity index (χ1) is 12.0. The summed E-state index contributed by atoms with van der Waals surface area (Å²) in [7, 11) is 3.99. The van der Waals surface area contributed by atoms with Crippen LogP contribution in [0.1, 0.15) is 55.6 Å². The van der Waals surface area contributed by atoms with E-state index in [9.17, 15) is 5.11 Å². The molecule has 1 aliphatic heterocycles. The number of piperidine rings is 1. The summed E-state index contributed by atoms with van der Waals surface area (Å²) in [6.45, 7) is 7.31. The predicted octanol–water partition coefficient (Wildman–Crippen LogP) is 2.22. The number of nitrogens with zero attached hydrogens (tertiary/aromatic N) is 5. The van der Waals surface area contributed by atoms with Crippen LogP contribution in [0.4, 0.5) is 0 Å². The van der Waals surface area contributed by atoms with Crippen molar-refractivity contribution in [3.05, 3.63) is 35.2 Å². The number of hydrogen-bond acceptors (Lipinski definition) is 4. The Labute approximate surface area is 150 Å². The normalized spacial score (nSPS) is 20.1. The fourth-order valence-electron chi connectivity index (χ4n) is 4.16. The van der Waals surface area contributed by atoms with Crippen molar-refractivity contribution in [2.75, 3.05) is 13.1 Å². The summed E-state index contributed by atoms with van der Waals surface area (Å²) in [4.78, 5) is 6.82. The van der Waals surface area contributed by atoms with Gasteiger partial charge in [0.15, 0.2) is 0 Å². The molecule has 6 nitrogen and oxygen atoms in total. The fourth-order valence-corrected chi connectivity index (χ4v) is 4.16. The van der Waals surface area contributed by atoms with E-state index in [-0.39, 0.29) is 5.92 Å². The van der Waals surface area contributed by atoms with Gasteiger partial charge in [0.1, 0.15) is 11.9 Å². The number of rotatable bonds is 6. The minimum absolute atomic E-state index is 0.238. The molecule has 1 fully saturated rings. The van der Waals surface area contributed by atoms with Crippen LogP contribution in [0.3, 0.4) is 0 Å². The number of aliphatic hydroxyl groups is 1. The van der Waals surface area contributed by atoms with Crippen LogP contribution in [0, 0.1) is 5.92 Å². The van der Waals surface area contributed by atoms with Crippen LogP contribution in [-0.4, -0.2) is 42.4 Å². The molecular formula is C19H31N5O. The zero-order chi connectivity index (χ0) is 18.0. The number of likely N-dealkylation sites (tertiary alicyclic amines) is 1. The summed E-state index contributed by atoms with van der Waals surface area (Å²) < 4.78 is 3.97. The minimum Gasteiger partial charge on any atom is -0.385 e. The highest BCUT2D eigenvalue weighted by Gasteiger charge is 2.30. The van der Waals surface area contributed by atoms with Gasteiger partial charge < -0.3 is 9.67 Å². The molecule has 1 saturated heterocycles. The molecule has 0 aliphatic carbocycles.